The van der Waals surface area contributed by atoms with Crippen molar-refractivity contribution in [2.45, 2.75) is 31.7 Å². The summed E-state index contributed by atoms with van der Waals surface area (Å²) in [6.45, 7) is 1.36. The SMILES string of the molecule is O=C(O)CN(C(=O)c1cccc(N2CCCC2=O)c1)C1CCOCC1. The molecule has 0 bridgehead atoms. The van der Waals surface area contributed by atoms with Gasteiger partial charge in [-0.1, -0.05) is 6.07 Å². The molecule has 25 heavy (non-hydrogen) atoms. The lowest BCUT2D eigenvalue weighted by Crippen LogP contribution is -2.46. The van der Waals surface area contributed by atoms with Crippen LogP contribution in [0.1, 0.15) is 36.0 Å². The van der Waals surface area contributed by atoms with Crippen molar-refractivity contribution in [2.24, 2.45) is 0 Å². The Morgan fingerprint density at radius 3 is 2.68 bits per heavy atom. The number of nitrogens with zero attached hydrogens (tertiary/aromatic N) is 2. The van der Waals surface area contributed by atoms with Crippen molar-refractivity contribution in [1.82, 2.24) is 4.90 Å². The van der Waals surface area contributed by atoms with Crippen molar-refractivity contribution in [3.8, 4) is 0 Å². The molecule has 0 atom stereocenters. The average molecular weight is 346 g/mol. The van der Waals surface area contributed by atoms with E-state index in [9.17, 15) is 19.5 Å². The van der Waals surface area contributed by atoms with Crippen molar-refractivity contribution in [1.29, 1.82) is 0 Å². The van der Waals surface area contributed by atoms with E-state index in [1.165, 1.54) is 4.90 Å². The van der Waals surface area contributed by atoms with Gasteiger partial charge in [0.05, 0.1) is 0 Å². The molecule has 2 saturated heterocycles. The fourth-order valence-corrected chi connectivity index (χ4v) is 3.40. The number of hydrogen-bond donors (Lipinski definition) is 1. The van der Waals surface area contributed by atoms with Crippen LogP contribution in [-0.2, 0) is 14.3 Å². The summed E-state index contributed by atoms with van der Waals surface area (Å²) in [7, 11) is 0. The molecule has 0 aromatic heterocycles. The summed E-state index contributed by atoms with van der Waals surface area (Å²) in [5.41, 5.74) is 1.10. The molecule has 2 amide bonds. The standard InChI is InChI=1S/C18H22N2O5/c21-16-5-2-8-19(16)15-4-1-3-13(11-15)18(24)20(12-17(22)23)14-6-9-25-10-7-14/h1,3-4,11,14H,2,5-10,12H2,(H,22,23). The summed E-state index contributed by atoms with van der Waals surface area (Å²) in [6.07, 6.45) is 2.59. The first-order chi connectivity index (χ1) is 12.1. The molecule has 7 heteroatoms. The summed E-state index contributed by atoms with van der Waals surface area (Å²) >= 11 is 0. The molecular weight excluding hydrogens is 324 g/mol. The van der Waals surface area contributed by atoms with Gasteiger partial charge >= 0.3 is 5.97 Å². The van der Waals surface area contributed by atoms with Crippen molar-refractivity contribution < 1.29 is 24.2 Å². The Labute approximate surface area is 146 Å². The average Bonchev–Trinajstić information content (AvgIpc) is 3.06. The second kappa shape index (κ2) is 7.65. The van der Waals surface area contributed by atoms with E-state index in [0.717, 1.165) is 6.42 Å². The van der Waals surface area contributed by atoms with Crippen LogP contribution in [0.15, 0.2) is 24.3 Å². The molecule has 0 unspecified atom stereocenters. The Morgan fingerprint density at radius 2 is 2.04 bits per heavy atom. The van der Waals surface area contributed by atoms with Gasteiger partial charge in [-0.2, -0.15) is 0 Å². The van der Waals surface area contributed by atoms with E-state index in [-0.39, 0.29) is 24.4 Å². The van der Waals surface area contributed by atoms with Gasteiger partial charge in [0.25, 0.3) is 5.91 Å². The molecule has 0 saturated carbocycles. The number of carboxylic acids is 1. The van der Waals surface area contributed by atoms with Crippen molar-refractivity contribution in [3.63, 3.8) is 0 Å². The van der Waals surface area contributed by atoms with Crippen LogP contribution >= 0.6 is 0 Å². The third-order valence-electron chi connectivity index (χ3n) is 4.68. The normalized spacial score (nSPS) is 18.4. The van der Waals surface area contributed by atoms with E-state index < -0.39 is 5.97 Å². The molecule has 1 N–H and O–H groups in total. The van der Waals surface area contributed by atoms with Crippen LogP contribution < -0.4 is 4.90 Å². The number of benzene rings is 1. The summed E-state index contributed by atoms with van der Waals surface area (Å²) in [5, 5.41) is 9.19. The Bertz CT molecular complexity index is 669. The number of carbonyl (C=O) groups excluding carboxylic acids is 2. The lowest BCUT2D eigenvalue weighted by atomic mass is 10.0. The highest BCUT2D eigenvalue weighted by atomic mass is 16.5. The smallest absolute Gasteiger partial charge is 0.323 e. The number of ether oxygens (including phenoxy) is 1. The first kappa shape index (κ1) is 17.4. The number of hydrogen-bond acceptors (Lipinski definition) is 4. The third kappa shape index (κ3) is 3.99. The van der Waals surface area contributed by atoms with Gasteiger partial charge in [-0.15, -0.1) is 0 Å². The number of amides is 2. The van der Waals surface area contributed by atoms with E-state index in [1.54, 1.807) is 29.2 Å². The Balaban J connectivity index is 1.83. The molecule has 3 rings (SSSR count). The minimum absolute atomic E-state index is 0.0522. The molecular formula is C18H22N2O5. The Kier molecular flexibility index (Phi) is 5.33. The first-order valence-electron chi connectivity index (χ1n) is 8.57. The molecule has 0 radical (unpaired) electrons. The second-order valence-corrected chi connectivity index (χ2v) is 6.37. The number of rotatable bonds is 5. The van der Waals surface area contributed by atoms with Gasteiger partial charge in [0.2, 0.25) is 5.91 Å². The zero-order valence-corrected chi connectivity index (χ0v) is 14.0. The van der Waals surface area contributed by atoms with E-state index >= 15 is 0 Å². The molecule has 1 aromatic rings. The van der Waals surface area contributed by atoms with Gasteiger partial charge < -0.3 is 19.6 Å². The highest BCUT2D eigenvalue weighted by Crippen LogP contribution is 2.24. The van der Waals surface area contributed by atoms with Crippen molar-refractivity contribution >= 4 is 23.5 Å². The van der Waals surface area contributed by atoms with Gasteiger partial charge in [-0.3, -0.25) is 14.4 Å². The minimum atomic E-state index is -1.04. The lowest BCUT2D eigenvalue weighted by Gasteiger charge is -2.33. The number of aliphatic carboxylic acids is 1. The van der Waals surface area contributed by atoms with Crippen LogP contribution in [0.5, 0.6) is 0 Å². The fourth-order valence-electron chi connectivity index (χ4n) is 3.40. The molecule has 1 aromatic carbocycles. The van der Waals surface area contributed by atoms with Crippen LogP contribution in [0, 0.1) is 0 Å². The predicted octanol–water partition coefficient (Wildman–Crippen LogP) is 1.52. The van der Waals surface area contributed by atoms with Gasteiger partial charge in [-0.05, 0) is 37.5 Å². The molecule has 2 aliphatic heterocycles. The van der Waals surface area contributed by atoms with Gasteiger partial charge in [0.15, 0.2) is 0 Å². The Hall–Kier alpha value is -2.41. The summed E-state index contributed by atoms with van der Waals surface area (Å²) in [5.74, 6) is -1.30. The van der Waals surface area contributed by atoms with E-state index in [0.29, 0.717) is 50.3 Å². The summed E-state index contributed by atoms with van der Waals surface area (Å²) in [6, 6.07) is 6.74. The van der Waals surface area contributed by atoms with Crippen LogP contribution in [0.25, 0.3) is 0 Å². The molecule has 2 heterocycles. The maximum atomic E-state index is 12.9. The number of carboxylic acid groups (broad SMARTS) is 1. The van der Waals surface area contributed by atoms with E-state index in [2.05, 4.69) is 0 Å². The van der Waals surface area contributed by atoms with Crippen molar-refractivity contribution in [2.75, 3.05) is 31.2 Å². The largest absolute Gasteiger partial charge is 0.480 e. The van der Waals surface area contributed by atoms with Crippen LogP contribution in [0.4, 0.5) is 5.69 Å². The highest BCUT2D eigenvalue weighted by molar-refractivity contribution is 5.99. The Morgan fingerprint density at radius 1 is 1.28 bits per heavy atom. The summed E-state index contributed by atoms with van der Waals surface area (Å²) < 4.78 is 5.31. The highest BCUT2D eigenvalue weighted by Gasteiger charge is 2.29. The molecule has 134 valence electrons. The third-order valence-corrected chi connectivity index (χ3v) is 4.68. The topological polar surface area (TPSA) is 87.2 Å². The van der Waals surface area contributed by atoms with Crippen LogP contribution in [-0.4, -0.2) is 60.1 Å². The van der Waals surface area contributed by atoms with E-state index in [4.69, 9.17) is 4.74 Å². The van der Waals surface area contributed by atoms with Gasteiger partial charge in [0.1, 0.15) is 6.54 Å². The minimum Gasteiger partial charge on any atom is -0.480 e. The fraction of sp³-hybridized carbons (Fsp3) is 0.500. The van der Waals surface area contributed by atoms with Gasteiger partial charge in [-0.25, -0.2) is 0 Å². The maximum absolute atomic E-state index is 12.9. The zero-order valence-electron chi connectivity index (χ0n) is 14.0. The number of anilines is 1. The van der Waals surface area contributed by atoms with Crippen molar-refractivity contribution in [3.05, 3.63) is 29.8 Å². The monoisotopic (exact) mass is 346 g/mol. The quantitative estimate of drug-likeness (QED) is 0.873. The molecule has 2 aliphatic rings. The molecule has 2 fully saturated rings. The summed E-state index contributed by atoms with van der Waals surface area (Å²) in [4.78, 5) is 39.2. The van der Waals surface area contributed by atoms with Crippen LogP contribution in [0.2, 0.25) is 0 Å². The van der Waals surface area contributed by atoms with E-state index in [1.807, 2.05) is 0 Å². The first-order valence-corrected chi connectivity index (χ1v) is 8.57. The second-order valence-electron chi connectivity index (χ2n) is 6.37. The van der Waals surface area contributed by atoms with Crippen LogP contribution in [0.3, 0.4) is 0 Å². The van der Waals surface area contributed by atoms with Gasteiger partial charge in [0, 0.05) is 43.5 Å². The number of carbonyl (C=O) groups is 3. The lowest BCUT2D eigenvalue weighted by molar-refractivity contribution is -0.138. The maximum Gasteiger partial charge on any atom is 0.323 e. The molecule has 0 spiro atoms. The predicted molar refractivity (Wildman–Crippen MR) is 90.5 cm³/mol. The molecule has 7 nitrogen and oxygen atoms in total. The molecule has 0 aliphatic carbocycles. The zero-order chi connectivity index (χ0) is 17.8.